The second-order valence-corrected chi connectivity index (χ2v) is 4.32. The van der Waals surface area contributed by atoms with Crippen molar-refractivity contribution in [1.82, 2.24) is 24.5 Å². The maximum absolute atomic E-state index is 6.11. The molecule has 19 heavy (non-hydrogen) atoms. The molecule has 0 fully saturated rings. The molecule has 3 aromatic rings. The number of anilines is 1. The first-order valence-electron chi connectivity index (χ1n) is 5.90. The minimum absolute atomic E-state index is 0.583. The van der Waals surface area contributed by atoms with Crippen molar-refractivity contribution >= 4 is 5.82 Å². The molecule has 3 heterocycles. The molecule has 0 saturated heterocycles. The summed E-state index contributed by atoms with van der Waals surface area (Å²) in [4.78, 5) is 4.35. The van der Waals surface area contributed by atoms with Gasteiger partial charge in [0.15, 0.2) is 0 Å². The van der Waals surface area contributed by atoms with Gasteiger partial charge in [-0.3, -0.25) is 14.3 Å². The van der Waals surface area contributed by atoms with Crippen LogP contribution >= 0.6 is 0 Å². The first kappa shape index (κ1) is 11.5. The Balaban J connectivity index is 2.24. The molecule has 0 atom stereocenters. The van der Waals surface area contributed by atoms with E-state index < -0.39 is 0 Å². The van der Waals surface area contributed by atoms with Gasteiger partial charge in [-0.25, -0.2) is 0 Å². The van der Waals surface area contributed by atoms with Crippen LogP contribution < -0.4 is 5.73 Å². The molecular weight excluding hydrogens is 240 g/mol. The zero-order chi connectivity index (χ0) is 13.4. The normalized spacial score (nSPS) is 10.8. The fourth-order valence-electron chi connectivity index (χ4n) is 2.02. The summed E-state index contributed by atoms with van der Waals surface area (Å²) in [6.45, 7) is 0. The van der Waals surface area contributed by atoms with E-state index in [0.717, 1.165) is 22.6 Å². The number of nitrogens with two attached hydrogens (primary N) is 1. The average Bonchev–Trinajstić information content (AvgIpc) is 2.96. The largest absolute Gasteiger partial charge is 0.383 e. The lowest BCUT2D eigenvalue weighted by molar-refractivity contribution is 0.760. The molecule has 0 saturated carbocycles. The van der Waals surface area contributed by atoms with Gasteiger partial charge in [-0.05, 0) is 18.2 Å². The summed E-state index contributed by atoms with van der Waals surface area (Å²) in [5, 5.41) is 8.82. The van der Waals surface area contributed by atoms with E-state index in [1.165, 1.54) is 0 Å². The van der Waals surface area contributed by atoms with E-state index in [-0.39, 0.29) is 0 Å². The van der Waals surface area contributed by atoms with Crippen molar-refractivity contribution in [1.29, 1.82) is 0 Å². The van der Waals surface area contributed by atoms with E-state index in [1.807, 2.05) is 44.6 Å². The molecule has 0 aliphatic rings. The van der Waals surface area contributed by atoms with Crippen molar-refractivity contribution in [2.75, 3.05) is 5.73 Å². The van der Waals surface area contributed by atoms with Gasteiger partial charge < -0.3 is 5.73 Å². The van der Waals surface area contributed by atoms with Gasteiger partial charge in [0.2, 0.25) is 0 Å². The second-order valence-electron chi connectivity index (χ2n) is 4.32. The van der Waals surface area contributed by atoms with Crippen molar-refractivity contribution in [2.45, 2.75) is 0 Å². The fraction of sp³-hybridized carbons (Fsp3) is 0.154. The van der Waals surface area contributed by atoms with Gasteiger partial charge in [0.1, 0.15) is 17.2 Å². The molecule has 2 N–H and O–H groups in total. The summed E-state index contributed by atoms with van der Waals surface area (Å²) >= 11 is 0. The van der Waals surface area contributed by atoms with E-state index in [4.69, 9.17) is 5.73 Å². The Morgan fingerprint density at radius 1 is 1.05 bits per heavy atom. The number of aryl methyl sites for hydroxylation is 2. The predicted octanol–water partition coefficient (Wildman–Crippen LogP) is 1.46. The Morgan fingerprint density at radius 3 is 2.53 bits per heavy atom. The van der Waals surface area contributed by atoms with E-state index in [9.17, 15) is 0 Å². The summed E-state index contributed by atoms with van der Waals surface area (Å²) in [5.41, 5.74) is 9.26. The molecule has 0 amide bonds. The van der Waals surface area contributed by atoms with Gasteiger partial charge in [-0.2, -0.15) is 10.2 Å². The van der Waals surface area contributed by atoms with Gasteiger partial charge >= 0.3 is 0 Å². The summed E-state index contributed by atoms with van der Waals surface area (Å²) in [6.07, 6.45) is 3.62. The first-order chi connectivity index (χ1) is 9.16. The van der Waals surface area contributed by atoms with Gasteiger partial charge in [0, 0.05) is 26.5 Å². The topological polar surface area (TPSA) is 74.5 Å². The number of nitrogens with zero attached hydrogens (tertiary/aromatic N) is 5. The lowest BCUT2D eigenvalue weighted by atomic mass is 10.1. The summed E-state index contributed by atoms with van der Waals surface area (Å²) in [6, 6.07) is 7.63. The number of nitrogen functional groups attached to an aromatic ring is 1. The highest BCUT2D eigenvalue weighted by molar-refractivity contribution is 5.85. The number of rotatable bonds is 2. The van der Waals surface area contributed by atoms with Gasteiger partial charge in [0.25, 0.3) is 0 Å². The zero-order valence-electron chi connectivity index (χ0n) is 10.8. The van der Waals surface area contributed by atoms with Gasteiger partial charge in [-0.1, -0.05) is 6.07 Å². The van der Waals surface area contributed by atoms with E-state index >= 15 is 0 Å². The Labute approximate surface area is 110 Å². The number of hydrogen-bond acceptors (Lipinski definition) is 4. The van der Waals surface area contributed by atoms with Crippen LogP contribution in [-0.2, 0) is 14.1 Å². The molecule has 0 spiro atoms. The van der Waals surface area contributed by atoms with E-state index in [2.05, 4.69) is 15.2 Å². The molecule has 0 unspecified atom stereocenters. The van der Waals surface area contributed by atoms with Gasteiger partial charge in [-0.15, -0.1) is 0 Å². The molecule has 0 bridgehead atoms. The Bertz CT molecular complexity index is 710. The van der Waals surface area contributed by atoms with Crippen LogP contribution in [0.2, 0.25) is 0 Å². The number of pyridine rings is 1. The number of hydrogen-bond donors (Lipinski definition) is 1. The smallest absolute Gasteiger partial charge is 0.131 e. The molecule has 0 aromatic carbocycles. The maximum atomic E-state index is 6.11. The molecule has 3 aromatic heterocycles. The monoisotopic (exact) mass is 254 g/mol. The van der Waals surface area contributed by atoms with Crippen molar-refractivity contribution in [3.8, 4) is 22.6 Å². The molecule has 96 valence electrons. The highest BCUT2D eigenvalue weighted by Crippen LogP contribution is 2.33. The predicted molar refractivity (Wildman–Crippen MR) is 73.1 cm³/mol. The molecule has 3 rings (SSSR count). The first-order valence-corrected chi connectivity index (χ1v) is 5.90. The minimum atomic E-state index is 0.583. The molecule has 6 nitrogen and oxygen atoms in total. The van der Waals surface area contributed by atoms with Crippen molar-refractivity contribution in [3.05, 3.63) is 36.7 Å². The van der Waals surface area contributed by atoms with Crippen LogP contribution in [0, 0.1) is 0 Å². The second kappa shape index (κ2) is 4.24. The molecule has 0 radical (unpaired) electrons. The molecule has 0 aliphatic heterocycles. The lowest BCUT2D eigenvalue weighted by Gasteiger charge is -2.01. The standard InChI is InChI=1S/C13H14N6/c1-18-8-6-10(16-18)12-11(13(14)19(2)17-12)9-5-3-4-7-15-9/h3-8H,14H2,1-2H3. The van der Waals surface area contributed by atoms with Crippen molar-refractivity contribution < 1.29 is 0 Å². The van der Waals surface area contributed by atoms with Crippen LogP contribution in [-0.4, -0.2) is 24.5 Å². The Morgan fingerprint density at radius 2 is 1.89 bits per heavy atom. The van der Waals surface area contributed by atoms with Crippen LogP contribution in [0.3, 0.4) is 0 Å². The zero-order valence-corrected chi connectivity index (χ0v) is 10.8. The molecule has 6 heteroatoms. The van der Waals surface area contributed by atoms with E-state index in [0.29, 0.717) is 5.82 Å². The SMILES string of the molecule is Cn1ccc(-c2nn(C)c(N)c2-c2ccccn2)n1. The quantitative estimate of drug-likeness (QED) is 0.751. The average molecular weight is 254 g/mol. The third kappa shape index (κ3) is 1.87. The van der Waals surface area contributed by atoms with Crippen LogP contribution in [0.1, 0.15) is 0 Å². The fourth-order valence-corrected chi connectivity index (χ4v) is 2.02. The van der Waals surface area contributed by atoms with Crippen LogP contribution in [0.5, 0.6) is 0 Å². The van der Waals surface area contributed by atoms with Gasteiger partial charge in [0.05, 0.1) is 11.3 Å². The van der Waals surface area contributed by atoms with Crippen LogP contribution in [0.15, 0.2) is 36.7 Å². The van der Waals surface area contributed by atoms with Crippen molar-refractivity contribution in [3.63, 3.8) is 0 Å². The summed E-state index contributed by atoms with van der Waals surface area (Å²) in [5.74, 6) is 0.583. The van der Waals surface area contributed by atoms with Crippen LogP contribution in [0.25, 0.3) is 22.6 Å². The maximum Gasteiger partial charge on any atom is 0.131 e. The molecular formula is C13H14N6. The third-order valence-electron chi connectivity index (χ3n) is 2.97. The highest BCUT2D eigenvalue weighted by atomic mass is 15.3. The van der Waals surface area contributed by atoms with E-state index in [1.54, 1.807) is 15.6 Å². The Hall–Kier alpha value is -2.63. The third-order valence-corrected chi connectivity index (χ3v) is 2.97. The van der Waals surface area contributed by atoms with Crippen molar-refractivity contribution in [2.24, 2.45) is 14.1 Å². The highest BCUT2D eigenvalue weighted by Gasteiger charge is 2.19. The minimum Gasteiger partial charge on any atom is -0.383 e. The summed E-state index contributed by atoms with van der Waals surface area (Å²) in [7, 11) is 3.68. The van der Waals surface area contributed by atoms with Crippen LogP contribution in [0.4, 0.5) is 5.82 Å². The molecule has 0 aliphatic carbocycles. The Kier molecular flexibility index (Phi) is 2.56. The lowest BCUT2D eigenvalue weighted by Crippen LogP contribution is -1.98. The number of aromatic nitrogens is 5. The summed E-state index contributed by atoms with van der Waals surface area (Å²) < 4.78 is 3.39.